The van der Waals surface area contributed by atoms with Crippen molar-refractivity contribution in [3.05, 3.63) is 29.3 Å². The van der Waals surface area contributed by atoms with E-state index < -0.39 is 0 Å². The lowest BCUT2D eigenvalue weighted by atomic mass is 10.1. The Kier molecular flexibility index (Phi) is 4.43. The molecule has 2 rings (SSSR count). The lowest BCUT2D eigenvalue weighted by Gasteiger charge is -2.09. The maximum Gasteiger partial charge on any atom is 0.319 e. The third-order valence-corrected chi connectivity index (χ3v) is 2.87. The molecule has 1 aliphatic rings. The van der Waals surface area contributed by atoms with Gasteiger partial charge in [0.25, 0.3) is 0 Å². The molecule has 0 spiro atoms. The number of rotatable bonds is 3. The fraction of sp³-hybridized carbons (Fsp3) is 0.400. The summed E-state index contributed by atoms with van der Waals surface area (Å²) >= 11 is 0. The minimum Gasteiger partial charge on any atom is -0.395 e. The molecule has 0 unspecified atom stereocenters. The number of hydrogen-bond donors (Lipinski definition) is 3. The summed E-state index contributed by atoms with van der Waals surface area (Å²) in [5.74, 6) is 5.82. The molecule has 0 radical (unpaired) electrons. The molecule has 1 aromatic rings. The van der Waals surface area contributed by atoms with Gasteiger partial charge in [0.15, 0.2) is 0 Å². The van der Waals surface area contributed by atoms with Crippen molar-refractivity contribution in [2.24, 2.45) is 0 Å². The number of nitrogens with one attached hydrogen (secondary N) is 2. The van der Waals surface area contributed by atoms with Crippen LogP contribution in [0.5, 0.6) is 0 Å². The fourth-order valence-electron chi connectivity index (χ4n) is 1.63. The zero-order chi connectivity index (χ0) is 13.7. The Hall–Kier alpha value is -1.99. The topological polar surface area (TPSA) is 61.4 Å². The Balaban J connectivity index is 2.03. The van der Waals surface area contributed by atoms with E-state index in [1.807, 2.05) is 25.1 Å². The fourth-order valence-corrected chi connectivity index (χ4v) is 1.63. The molecule has 0 bridgehead atoms. The van der Waals surface area contributed by atoms with E-state index in [1.54, 1.807) is 0 Å². The van der Waals surface area contributed by atoms with Gasteiger partial charge in [-0.3, -0.25) is 0 Å². The van der Waals surface area contributed by atoms with Crippen LogP contribution in [0, 0.1) is 18.8 Å². The summed E-state index contributed by atoms with van der Waals surface area (Å²) in [4.78, 5) is 11.7. The molecule has 2 amide bonds. The number of benzene rings is 1. The number of hydrogen-bond acceptors (Lipinski definition) is 2. The van der Waals surface area contributed by atoms with E-state index in [-0.39, 0.29) is 12.6 Å². The number of aryl methyl sites for hydroxylation is 1. The summed E-state index contributed by atoms with van der Waals surface area (Å²) in [5.41, 5.74) is 2.60. The van der Waals surface area contributed by atoms with Crippen LogP contribution in [0.25, 0.3) is 0 Å². The van der Waals surface area contributed by atoms with E-state index in [1.165, 1.54) is 0 Å². The second kappa shape index (κ2) is 6.26. The van der Waals surface area contributed by atoms with Crippen molar-refractivity contribution in [3.8, 4) is 11.8 Å². The van der Waals surface area contributed by atoms with Crippen LogP contribution in [0.3, 0.4) is 0 Å². The van der Waals surface area contributed by atoms with Crippen LogP contribution in [0.15, 0.2) is 18.2 Å². The molecule has 1 aliphatic carbocycles. The standard InChI is InChI=1S/C15H18N2O2/c1-11-5-6-12(4-2-3-9-18)10-14(11)17-15(19)16-13-7-8-13/h5-6,10,13,18H,3,7-9H2,1H3,(H2,16,17,19). The molecule has 0 aliphatic heterocycles. The van der Waals surface area contributed by atoms with Crippen molar-refractivity contribution in [1.82, 2.24) is 5.32 Å². The van der Waals surface area contributed by atoms with Gasteiger partial charge in [0.05, 0.1) is 6.61 Å². The maximum absolute atomic E-state index is 11.7. The van der Waals surface area contributed by atoms with Crippen molar-refractivity contribution in [3.63, 3.8) is 0 Å². The van der Waals surface area contributed by atoms with Crippen LogP contribution in [-0.4, -0.2) is 23.8 Å². The molecule has 1 aromatic carbocycles. The molecule has 0 aromatic heterocycles. The molecular formula is C15H18N2O2. The van der Waals surface area contributed by atoms with Crippen molar-refractivity contribution in [2.75, 3.05) is 11.9 Å². The largest absolute Gasteiger partial charge is 0.395 e. The normalized spacial score (nSPS) is 13.4. The first kappa shape index (κ1) is 13.4. The van der Waals surface area contributed by atoms with Gasteiger partial charge in [-0.15, -0.1) is 0 Å². The van der Waals surface area contributed by atoms with E-state index in [2.05, 4.69) is 22.5 Å². The van der Waals surface area contributed by atoms with E-state index in [0.29, 0.717) is 12.5 Å². The lowest BCUT2D eigenvalue weighted by molar-refractivity contribution is 0.251. The number of aliphatic hydroxyl groups is 1. The zero-order valence-corrected chi connectivity index (χ0v) is 11.0. The summed E-state index contributed by atoms with van der Waals surface area (Å²) < 4.78 is 0. The van der Waals surface area contributed by atoms with Crippen molar-refractivity contribution in [1.29, 1.82) is 0 Å². The predicted molar refractivity (Wildman–Crippen MR) is 74.9 cm³/mol. The van der Waals surface area contributed by atoms with Crippen LogP contribution in [0.2, 0.25) is 0 Å². The quantitative estimate of drug-likeness (QED) is 0.726. The molecule has 0 atom stereocenters. The molecule has 19 heavy (non-hydrogen) atoms. The number of carbonyl (C=O) groups is 1. The molecule has 0 heterocycles. The number of urea groups is 1. The summed E-state index contributed by atoms with van der Waals surface area (Å²) in [5, 5.41) is 14.4. The summed E-state index contributed by atoms with van der Waals surface area (Å²) in [6.45, 7) is 2.01. The van der Waals surface area contributed by atoms with E-state index in [9.17, 15) is 4.79 Å². The monoisotopic (exact) mass is 258 g/mol. The van der Waals surface area contributed by atoms with Crippen LogP contribution < -0.4 is 10.6 Å². The SMILES string of the molecule is Cc1ccc(C#CCCO)cc1NC(=O)NC1CC1. The highest BCUT2D eigenvalue weighted by molar-refractivity contribution is 5.90. The Labute approximate surface area is 113 Å². The second-order valence-corrected chi connectivity index (χ2v) is 4.68. The van der Waals surface area contributed by atoms with Gasteiger partial charge < -0.3 is 15.7 Å². The van der Waals surface area contributed by atoms with Gasteiger partial charge >= 0.3 is 6.03 Å². The van der Waals surface area contributed by atoms with Crippen molar-refractivity contribution >= 4 is 11.7 Å². The summed E-state index contributed by atoms with van der Waals surface area (Å²) in [7, 11) is 0. The van der Waals surface area contributed by atoms with Gasteiger partial charge in [-0.1, -0.05) is 17.9 Å². The van der Waals surface area contributed by atoms with Crippen molar-refractivity contribution < 1.29 is 9.90 Å². The van der Waals surface area contributed by atoms with Gasteiger partial charge in [-0.05, 0) is 37.5 Å². The van der Waals surface area contributed by atoms with Gasteiger partial charge in [0.1, 0.15) is 0 Å². The molecule has 4 nitrogen and oxygen atoms in total. The van der Waals surface area contributed by atoms with E-state index in [4.69, 9.17) is 5.11 Å². The Bertz CT molecular complexity index is 525. The highest BCUT2D eigenvalue weighted by atomic mass is 16.2. The average Bonchev–Trinajstić information content (AvgIpc) is 3.17. The predicted octanol–water partition coefficient (Wildman–Crippen LogP) is 2.01. The molecule has 4 heteroatoms. The zero-order valence-electron chi connectivity index (χ0n) is 11.0. The van der Waals surface area contributed by atoms with Gasteiger partial charge in [0, 0.05) is 23.7 Å². The number of aliphatic hydroxyl groups excluding tert-OH is 1. The smallest absolute Gasteiger partial charge is 0.319 e. The van der Waals surface area contributed by atoms with Crippen molar-refractivity contribution in [2.45, 2.75) is 32.2 Å². The average molecular weight is 258 g/mol. The summed E-state index contributed by atoms with van der Waals surface area (Å²) in [6, 6.07) is 5.87. The lowest BCUT2D eigenvalue weighted by Crippen LogP contribution is -2.30. The van der Waals surface area contributed by atoms with Crippen LogP contribution in [0.1, 0.15) is 30.4 Å². The molecule has 100 valence electrons. The third-order valence-electron chi connectivity index (χ3n) is 2.87. The Morgan fingerprint density at radius 1 is 1.47 bits per heavy atom. The maximum atomic E-state index is 11.7. The highest BCUT2D eigenvalue weighted by Gasteiger charge is 2.23. The van der Waals surface area contributed by atoms with Crippen LogP contribution >= 0.6 is 0 Å². The number of carbonyl (C=O) groups excluding carboxylic acids is 1. The third kappa shape index (κ3) is 4.31. The molecule has 3 N–H and O–H groups in total. The van der Waals surface area contributed by atoms with Gasteiger partial charge in [0.2, 0.25) is 0 Å². The van der Waals surface area contributed by atoms with Crippen LogP contribution in [-0.2, 0) is 0 Å². The molecular weight excluding hydrogens is 240 g/mol. The Morgan fingerprint density at radius 2 is 2.26 bits per heavy atom. The number of anilines is 1. The highest BCUT2D eigenvalue weighted by Crippen LogP contribution is 2.20. The van der Waals surface area contributed by atoms with E-state index in [0.717, 1.165) is 29.7 Å². The Morgan fingerprint density at radius 3 is 2.95 bits per heavy atom. The molecule has 1 saturated carbocycles. The molecule has 0 saturated heterocycles. The molecule has 1 fully saturated rings. The second-order valence-electron chi connectivity index (χ2n) is 4.68. The van der Waals surface area contributed by atoms with Gasteiger partial charge in [-0.25, -0.2) is 4.79 Å². The minimum absolute atomic E-state index is 0.0633. The first-order valence-corrected chi connectivity index (χ1v) is 6.47. The minimum atomic E-state index is -0.161. The summed E-state index contributed by atoms with van der Waals surface area (Å²) in [6.07, 6.45) is 2.59. The van der Waals surface area contributed by atoms with Gasteiger partial charge in [-0.2, -0.15) is 0 Å². The first-order valence-electron chi connectivity index (χ1n) is 6.47. The number of amides is 2. The van der Waals surface area contributed by atoms with Crippen LogP contribution in [0.4, 0.5) is 10.5 Å². The van der Waals surface area contributed by atoms with E-state index >= 15 is 0 Å². The first-order chi connectivity index (χ1) is 9.19.